The van der Waals surface area contributed by atoms with E-state index in [1.807, 2.05) is 6.07 Å². The number of amides is 4. The van der Waals surface area contributed by atoms with Crippen LogP contribution in [0.1, 0.15) is 33.8 Å². The number of rotatable bonds is 4. The van der Waals surface area contributed by atoms with Crippen LogP contribution < -0.4 is 5.32 Å². The van der Waals surface area contributed by atoms with Gasteiger partial charge in [0.2, 0.25) is 5.91 Å². The molecule has 7 heteroatoms. The molecule has 2 heterocycles. The third-order valence-electron chi connectivity index (χ3n) is 5.30. The van der Waals surface area contributed by atoms with Crippen molar-refractivity contribution in [2.24, 2.45) is 0 Å². The number of hydrogen-bond donors (Lipinski definition) is 1. The molecule has 28 heavy (non-hydrogen) atoms. The summed E-state index contributed by atoms with van der Waals surface area (Å²) in [5, 5.41) is 2.48. The SMILES string of the molecule is O=C(c1ccc(CN2C(=O)CNC2=O)cc1)N1CCC(c2ccccc2F)C1. The molecule has 2 aromatic rings. The van der Waals surface area contributed by atoms with Gasteiger partial charge in [-0.2, -0.15) is 0 Å². The normalized spacial score (nSPS) is 19.2. The average molecular weight is 381 g/mol. The topological polar surface area (TPSA) is 69.7 Å². The third kappa shape index (κ3) is 3.47. The van der Waals surface area contributed by atoms with E-state index in [0.717, 1.165) is 16.9 Å². The number of benzene rings is 2. The summed E-state index contributed by atoms with van der Waals surface area (Å²) in [7, 11) is 0. The molecule has 0 bridgehead atoms. The maximum absolute atomic E-state index is 14.0. The van der Waals surface area contributed by atoms with E-state index in [4.69, 9.17) is 0 Å². The highest BCUT2D eigenvalue weighted by atomic mass is 19.1. The Morgan fingerprint density at radius 2 is 1.86 bits per heavy atom. The first-order valence-electron chi connectivity index (χ1n) is 9.24. The molecule has 4 amide bonds. The first kappa shape index (κ1) is 18.2. The van der Waals surface area contributed by atoms with Gasteiger partial charge >= 0.3 is 6.03 Å². The van der Waals surface area contributed by atoms with Gasteiger partial charge in [0.05, 0.1) is 13.1 Å². The van der Waals surface area contributed by atoms with Crippen molar-refractivity contribution < 1.29 is 18.8 Å². The highest BCUT2D eigenvalue weighted by Gasteiger charge is 2.30. The smallest absolute Gasteiger partial charge is 0.324 e. The molecule has 1 atom stereocenters. The highest BCUT2D eigenvalue weighted by Crippen LogP contribution is 2.29. The number of halogens is 1. The van der Waals surface area contributed by atoms with Crippen molar-refractivity contribution in [2.75, 3.05) is 19.6 Å². The van der Waals surface area contributed by atoms with Crippen molar-refractivity contribution in [3.05, 3.63) is 71.0 Å². The summed E-state index contributed by atoms with van der Waals surface area (Å²) in [6, 6.07) is 13.2. The Labute approximate surface area is 161 Å². The molecule has 144 valence electrons. The molecule has 2 aromatic carbocycles. The molecule has 0 aromatic heterocycles. The number of likely N-dealkylation sites (tertiary alicyclic amines) is 1. The van der Waals surface area contributed by atoms with Gasteiger partial charge in [-0.1, -0.05) is 30.3 Å². The lowest BCUT2D eigenvalue weighted by atomic mass is 9.98. The Morgan fingerprint density at radius 3 is 2.54 bits per heavy atom. The van der Waals surface area contributed by atoms with Gasteiger partial charge in [-0.25, -0.2) is 9.18 Å². The van der Waals surface area contributed by atoms with Crippen molar-refractivity contribution in [1.29, 1.82) is 0 Å². The van der Waals surface area contributed by atoms with E-state index in [2.05, 4.69) is 5.32 Å². The zero-order valence-electron chi connectivity index (χ0n) is 15.2. The fraction of sp³-hybridized carbons (Fsp3) is 0.286. The fourth-order valence-corrected chi connectivity index (χ4v) is 3.74. The Morgan fingerprint density at radius 1 is 1.11 bits per heavy atom. The summed E-state index contributed by atoms with van der Waals surface area (Å²) >= 11 is 0. The second-order valence-corrected chi connectivity index (χ2v) is 7.09. The Balaban J connectivity index is 1.41. The molecule has 0 aliphatic carbocycles. The van der Waals surface area contributed by atoms with E-state index >= 15 is 0 Å². The molecule has 0 saturated carbocycles. The van der Waals surface area contributed by atoms with Crippen molar-refractivity contribution in [3.63, 3.8) is 0 Å². The molecule has 4 rings (SSSR count). The molecule has 1 unspecified atom stereocenters. The third-order valence-corrected chi connectivity index (χ3v) is 5.30. The van der Waals surface area contributed by atoms with Crippen LogP contribution in [0, 0.1) is 5.82 Å². The van der Waals surface area contributed by atoms with Crippen LogP contribution in [-0.4, -0.2) is 47.3 Å². The predicted octanol–water partition coefficient (Wildman–Crippen LogP) is 2.51. The molecule has 6 nitrogen and oxygen atoms in total. The van der Waals surface area contributed by atoms with Gasteiger partial charge in [-0.3, -0.25) is 14.5 Å². The van der Waals surface area contributed by atoms with Crippen LogP contribution in [0.25, 0.3) is 0 Å². The lowest BCUT2D eigenvalue weighted by Crippen LogP contribution is -2.30. The van der Waals surface area contributed by atoms with Crippen molar-refractivity contribution in [1.82, 2.24) is 15.1 Å². The molecule has 1 N–H and O–H groups in total. The maximum atomic E-state index is 14.0. The van der Waals surface area contributed by atoms with Gasteiger partial charge in [0.25, 0.3) is 5.91 Å². The van der Waals surface area contributed by atoms with E-state index in [-0.39, 0.29) is 36.6 Å². The van der Waals surface area contributed by atoms with Gasteiger partial charge in [0.15, 0.2) is 0 Å². The fourth-order valence-electron chi connectivity index (χ4n) is 3.74. The molecule has 0 radical (unpaired) electrons. The van der Waals surface area contributed by atoms with Crippen LogP contribution >= 0.6 is 0 Å². The van der Waals surface area contributed by atoms with Crippen LogP contribution in [-0.2, 0) is 11.3 Å². The summed E-state index contributed by atoms with van der Waals surface area (Å²) in [4.78, 5) is 38.9. The lowest BCUT2D eigenvalue weighted by Gasteiger charge is -2.18. The van der Waals surface area contributed by atoms with Crippen molar-refractivity contribution in [3.8, 4) is 0 Å². The zero-order valence-corrected chi connectivity index (χ0v) is 15.2. The van der Waals surface area contributed by atoms with Crippen LogP contribution in [0.5, 0.6) is 0 Å². The first-order chi connectivity index (χ1) is 13.5. The minimum atomic E-state index is -0.401. The summed E-state index contributed by atoms with van der Waals surface area (Å²) < 4.78 is 14.0. The molecule has 0 spiro atoms. The maximum Gasteiger partial charge on any atom is 0.324 e. The highest BCUT2D eigenvalue weighted by molar-refractivity contribution is 6.01. The Hall–Kier alpha value is -3.22. The van der Waals surface area contributed by atoms with Gasteiger partial charge in [0, 0.05) is 24.6 Å². The van der Waals surface area contributed by atoms with E-state index in [1.165, 1.54) is 6.07 Å². The van der Waals surface area contributed by atoms with E-state index in [9.17, 15) is 18.8 Å². The zero-order chi connectivity index (χ0) is 19.7. The summed E-state index contributed by atoms with van der Waals surface area (Å²) in [5.74, 6) is -0.586. The van der Waals surface area contributed by atoms with Crippen molar-refractivity contribution in [2.45, 2.75) is 18.9 Å². The number of imide groups is 1. The van der Waals surface area contributed by atoms with Gasteiger partial charge in [-0.05, 0) is 35.7 Å². The molecular formula is C21H20FN3O3. The summed E-state index contributed by atoms with van der Waals surface area (Å²) in [6.07, 6.45) is 0.733. The van der Waals surface area contributed by atoms with E-state index in [1.54, 1.807) is 41.3 Å². The summed E-state index contributed by atoms with van der Waals surface area (Å²) in [5.41, 5.74) is 1.96. The molecule has 2 aliphatic heterocycles. The second-order valence-electron chi connectivity index (χ2n) is 7.09. The van der Waals surface area contributed by atoms with Crippen LogP contribution in [0.2, 0.25) is 0 Å². The monoisotopic (exact) mass is 381 g/mol. The largest absolute Gasteiger partial charge is 0.338 e. The van der Waals surface area contributed by atoms with Gasteiger partial charge < -0.3 is 10.2 Å². The minimum absolute atomic E-state index is 0.00381. The number of carbonyl (C=O) groups excluding carboxylic acids is 3. The molecule has 2 fully saturated rings. The Bertz CT molecular complexity index is 913. The molecular weight excluding hydrogens is 361 g/mol. The predicted molar refractivity (Wildman–Crippen MR) is 100 cm³/mol. The number of nitrogens with one attached hydrogen (secondary N) is 1. The van der Waals surface area contributed by atoms with Crippen molar-refractivity contribution >= 4 is 17.8 Å². The molecule has 2 aliphatic rings. The van der Waals surface area contributed by atoms with Gasteiger partial charge in [-0.15, -0.1) is 0 Å². The van der Waals surface area contributed by atoms with Crippen LogP contribution in [0.15, 0.2) is 48.5 Å². The lowest BCUT2D eigenvalue weighted by molar-refractivity contribution is -0.125. The number of urea groups is 1. The standard InChI is InChI=1S/C21H20FN3O3/c22-18-4-2-1-3-17(18)16-9-10-24(13-16)20(27)15-7-5-14(6-8-15)12-25-19(26)11-23-21(25)28/h1-8,16H,9-13H2,(H,23,28). The molecule has 2 saturated heterocycles. The van der Waals surface area contributed by atoms with Crippen LogP contribution in [0.4, 0.5) is 9.18 Å². The minimum Gasteiger partial charge on any atom is -0.338 e. The number of nitrogens with zero attached hydrogens (tertiary/aromatic N) is 2. The average Bonchev–Trinajstić information content (AvgIpc) is 3.31. The Kier molecular flexibility index (Phi) is 4.81. The second kappa shape index (κ2) is 7.42. The first-order valence-corrected chi connectivity index (χ1v) is 9.24. The van der Waals surface area contributed by atoms with Gasteiger partial charge in [0.1, 0.15) is 5.82 Å². The van der Waals surface area contributed by atoms with E-state index < -0.39 is 6.03 Å². The quantitative estimate of drug-likeness (QED) is 0.828. The van der Waals surface area contributed by atoms with E-state index in [0.29, 0.717) is 24.2 Å². The summed E-state index contributed by atoms with van der Waals surface area (Å²) in [6.45, 7) is 1.28. The van der Waals surface area contributed by atoms with Crippen LogP contribution in [0.3, 0.4) is 0 Å². The number of carbonyl (C=O) groups is 3. The number of hydrogen-bond acceptors (Lipinski definition) is 3.